The zero-order chi connectivity index (χ0) is 16.9. The minimum Gasteiger partial charge on any atom is -0.459 e. The summed E-state index contributed by atoms with van der Waals surface area (Å²) in [7, 11) is 0. The first-order valence-electron chi connectivity index (χ1n) is 8.02. The van der Waals surface area contributed by atoms with Gasteiger partial charge in [0.1, 0.15) is 6.04 Å². The monoisotopic (exact) mass is 390 g/mol. The Hall–Kier alpha value is -2.08. The van der Waals surface area contributed by atoms with Crippen LogP contribution in [-0.2, 0) is 11.3 Å². The van der Waals surface area contributed by atoms with Gasteiger partial charge in [0.15, 0.2) is 5.76 Å². The number of amides is 2. The van der Waals surface area contributed by atoms with Crippen molar-refractivity contribution in [1.82, 2.24) is 10.2 Å². The lowest BCUT2D eigenvalue weighted by Crippen LogP contribution is -2.51. The molecule has 1 fully saturated rings. The van der Waals surface area contributed by atoms with Crippen molar-refractivity contribution in [2.45, 2.75) is 31.8 Å². The minimum absolute atomic E-state index is 0.116. The predicted molar refractivity (Wildman–Crippen MR) is 93.4 cm³/mol. The quantitative estimate of drug-likeness (QED) is 0.870. The SMILES string of the molecule is O=C(NCc1cccc(Br)c1)C1CCCCN1C(=O)c1ccco1. The van der Waals surface area contributed by atoms with Crippen LogP contribution in [0.5, 0.6) is 0 Å². The average molecular weight is 391 g/mol. The number of carbonyl (C=O) groups excluding carboxylic acids is 2. The smallest absolute Gasteiger partial charge is 0.290 e. The van der Waals surface area contributed by atoms with E-state index in [1.54, 1.807) is 17.0 Å². The second-order valence-electron chi connectivity index (χ2n) is 5.84. The van der Waals surface area contributed by atoms with Crippen molar-refractivity contribution in [3.63, 3.8) is 0 Å². The molecule has 6 heteroatoms. The molecule has 3 rings (SSSR count). The lowest BCUT2D eigenvalue weighted by atomic mass is 10.0. The number of halogens is 1. The molecule has 0 aliphatic carbocycles. The Morgan fingerprint density at radius 2 is 2.12 bits per heavy atom. The van der Waals surface area contributed by atoms with Crippen molar-refractivity contribution in [1.29, 1.82) is 0 Å². The summed E-state index contributed by atoms with van der Waals surface area (Å²) in [5, 5.41) is 2.94. The van der Waals surface area contributed by atoms with Crippen LogP contribution >= 0.6 is 15.9 Å². The number of nitrogens with zero attached hydrogens (tertiary/aromatic N) is 1. The third-order valence-corrected chi connectivity index (χ3v) is 4.65. The molecule has 126 valence electrons. The van der Waals surface area contributed by atoms with Gasteiger partial charge in [-0.25, -0.2) is 0 Å². The lowest BCUT2D eigenvalue weighted by molar-refractivity contribution is -0.126. The topological polar surface area (TPSA) is 62.6 Å². The summed E-state index contributed by atoms with van der Waals surface area (Å²) in [5.41, 5.74) is 1.01. The zero-order valence-electron chi connectivity index (χ0n) is 13.2. The van der Waals surface area contributed by atoms with E-state index in [1.807, 2.05) is 24.3 Å². The van der Waals surface area contributed by atoms with Crippen molar-refractivity contribution in [2.24, 2.45) is 0 Å². The average Bonchev–Trinajstić information content (AvgIpc) is 3.14. The van der Waals surface area contributed by atoms with E-state index in [0.29, 0.717) is 19.5 Å². The molecule has 1 aliphatic heterocycles. The van der Waals surface area contributed by atoms with E-state index in [2.05, 4.69) is 21.2 Å². The fourth-order valence-electron chi connectivity index (χ4n) is 2.94. The Kier molecular flexibility index (Phi) is 5.35. The molecule has 1 N–H and O–H groups in total. The molecule has 1 saturated heterocycles. The van der Waals surface area contributed by atoms with Crippen molar-refractivity contribution >= 4 is 27.7 Å². The number of likely N-dealkylation sites (tertiary alicyclic amines) is 1. The Morgan fingerprint density at radius 3 is 2.88 bits per heavy atom. The molecule has 1 aromatic heterocycles. The van der Waals surface area contributed by atoms with Crippen LogP contribution in [0.2, 0.25) is 0 Å². The van der Waals surface area contributed by atoms with Crippen LogP contribution in [0.4, 0.5) is 0 Å². The van der Waals surface area contributed by atoms with E-state index in [-0.39, 0.29) is 17.6 Å². The maximum Gasteiger partial charge on any atom is 0.290 e. The van der Waals surface area contributed by atoms with Crippen LogP contribution < -0.4 is 5.32 Å². The summed E-state index contributed by atoms with van der Waals surface area (Å²) in [6.45, 7) is 1.02. The highest BCUT2D eigenvalue weighted by molar-refractivity contribution is 9.10. The van der Waals surface area contributed by atoms with E-state index in [0.717, 1.165) is 22.9 Å². The molecule has 5 nitrogen and oxygen atoms in total. The molecule has 1 aromatic carbocycles. The number of hydrogen-bond acceptors (Lipinski definition) is 3. The maximum atomic E-state index is 12.6. The number of rotatable bonds is 4. The first-order chi connectivity index (χ1) is 11.6. The minimum atomic E-state index is -0.441. The Bertz CT molecular complexity index is 715. The third kappa shape index (κ3) is 3.87. The molecule has 0 spiro atoms. The highest BCUT2D eigenvalue weighted by Crippen LogP contribution is 2.20. The van der Waals surface area contributed by atoms with E-state index in [1.165, 1.54) is 6.26 Å². The highest BCUT2D eigenvalue weighted by Gasteiger charge is 2.33. The van der Waals surface area contributed by atoms with Gasteiger partial charge in [0.2, 0.25) is 5.91 Å². The number of carbonyl (C=O) groups is 2. The fraction of sp³-hybridized carbons (Fsp3) is 0.333. The van der Waals surface area contributed by atoms with Gasteiger partial charge in [-0.15, -0.1) is 0 Å². The molecule has 1 unspecified atom stereocenters. The largest absolute Gasteiger partial charge is 0.459 e. The number of benzene rings is 1. The van der Waals surface area contributed by atoms with Gasteiger partial charge in [0.25, 0.3) is 5.91 Å². The van der Waals surface area contributed by atoms with Crippen LogP contribution in [0, 0.1) is 0 Å². The Labute approximate surface area is 149 Å². The van der Waals surface area contributed by atoms with Gasteiger partial charge in [-0.05, 0) is 49.1 Å². The summed E-state index contributed by atoms with van der Waals surface area (Å²) in [4.78, 5) is 26.8. The van der Waals surface area contributed by atoms with Gasteiger partial charge in [-0.1, -0.05) is 28.1 Å². The number of furan rings is 1. The van der Waals surface area contributed by atoms with E-state index in [4.69, 9.17) is 4.42 Å². The van der Waals surface area contributed by atoms with Gasteiger partial charge in [0.05, 0.1) is 6.26 Å². The van der Waals surface area contributed by atoms with Crippen LogP contribution in [0.25, 0.3) is 0 Å². The Balaban J connectivity index is 1.66. The summed E-state index contributed by atoms with van der Waals surface area (Å²) in [6.07, 6.45) is 4.00. The Morgan fingerprint density at radius 1 is 1.25 bits per heavy atom. The summed E-state index contributed by atoms with van der Waals surface area (Å²) >= 11 is 3.42. The molecular weight excluding hydrogens is 372 g/mol. The first-order valence-corrected chi connectivity index (χ1v) is 8.81. The molecule has 1 atom stereocenters. The van der Waals surface area contributed by atoms with E-state index < -0.39 is 6.04 Å². The highest BCUT2D eigenvalue weighted by atomic mass is 79.9. The molecule has 1 aliphatic rings. The number of hydrogen-bond donors (Lipinski definition) is 1. The standard InChI is InChI=1S/C18H19BrN2O3/c19-14-6-3-5-13(11-14)12-20-17(22)15-7-1-2-9-21(15)18(23)16-8-4-10-24-16/h3-6,8,10-11,15H,1-2,7,9,12H2,(H,20,22). The van der Waals surface area contributed by atoms with E-state index >= 15 is 0 Å². The van der Waals surface area contributed by atoms with Gasteiger partial charge >= 0.3 is 0 Å². The second kappa shape index (κ2) is 7.66. The number of nitrogens with one attached hydrogen (secondary N) is 1. The molecular formula is C18H19BrN2O3. The van der Waals surface area contributed by atoms with Gasteiger partial charge < -0.3 is 14.6 Å². The van der Waals surface area contributed by atoms with Crippen LogP contribution in [0.1, 0.15) is 35.4 Å². The van der Waals surface area contributed by atoms with Crippen molar-refractivity contribution in [2.75, 3.05) is 6.54 Å². The molecule has 0 saturated carbocycles. The first kappa shape index (κ1) is 16.8. The maximum absolute atomic E-state index is 12.6. The van der Waals surface area contributed by atoms with Crippen molar-refractivity contribution < 1.29 is 14.0 Å². The second-order valence-corrected chi connectivity index (χ2v) is 6.75. The molecule has 2 heterocycles. The van der Waals surface area contributed by atoms with Gasteiger partial charge in [-0.2, -0.15) is 0 Å². The summed E-state index contributed by atoms with van der Waals surface area (Å²) < 4.78 is 6.16. The molecule has 2 aromatic rings. The molecule has 24 heavy (non-hydrogen) atoms. The summed E-state index contributed by atoms with van der Waals surface area (Å²) in [6, 6.07) is 10.7. The fourth-order valence-corrected chi connectivity index (χ4v) is 3.39. The van der Waals surface area contributed by atoms with Gasteiger partial charge in [-0.3, -0.25) is 9.59 Å². The van der Waals surface area contributed by atoms with Crippen LogP contribution in [-0.4, -0.2) is 29.3 Å². The zero-order valence-corrected chi connectivity index (χ0v) is 14.8. The molecule has 0 bridgehead atoms. The normalized spacial score (nSPS) is 17.5. The third-order valence-electron chi connectivity index (χ3n) is 4.15. The predicted octanol–water partition coefficient (Wildman–Crippen LogP) is 3.35. The molecule has 0 radical (unpaired) electrons. The van der Waals surface area contributed by atoms with Gasteiger partial charge in [0, 0.05) is 17.6 Å². The van der Waals surface area contributed by atoms with Crippen molar-refractivity contribution in [3.05, 3.63) is 58.5 Å². The summed E-state index contributed by atoms with van der Waals surface area (Å²) in [5.74, 6) is -0.0569. The molecule has 2 amide bonds. The number of piperidine rings is 1. The van der Waals surface area contributed by atoms with Crippen molar-refractivity contribution in [3.8, 4) is 0 Å². The lowest BCUT2D eigenvalue weighted by Gasteiger charge is -2.34. The van der Waals surface area contributed by atoms with E-state index in [9.17, 15) is 9.59 Å². The van der Waals surface area contributed by atoms with Crippen LogP contribution in [0.15, 0.2) is 51.6 Å². The van der Waals surface area contributed by atoms with Crippen LogP contribution in [0.3, 0.4) is 0 Å².